The Kier molecular flexibility index (Phi) is 14.6. The molecule has 1 aromatic carbocycles. The molecule has 70 valence electrons. The standard InChI is InChI=1S/C7H8.C3H8.CH3F/c1-7-5-3-2-4-6-7;1-3-2;1-2/h2-6H,1H3;3H2,1-2H3;1H3. The van der Waals surface area contributed by atoms with Crippen molar-refractivity contribution in [3.8, 4) is 0 Å². The van der Waals surface area contributed by atoms with Gasteiger partial charge in [-0.05, 0) is 6.92 Å². The lowest BCUT2D eigenvalue weighted by Crippen LogP contribution is -1.62. The quantitative estimate of drug-likeness (QED) is 0.552. The van der Waals surface area contributed by atoms with E-state index in [1.807, 2.05) is 18.2 Å². The van der Waals surface area contributed by atoms with Crippen LogP contribution in [0.5, 0.6) is 0 Å². The Balaban J connectivity index is 0. The van der Waals surface area contributed by atoms with Crippen molar-refractivity contribution in [2.24, 2.45) is 0 Å². The van der Waals surface area contributed by atoms with Crippen molar-refractivity contribution in [2.75, 3.05) is 7.18 Å². The molecule has 0 N–H and O–H groups in total. The van der Waals surface area contributed by atoms with Gasteiger partial charge in [-0.25, -0.2) is 0 Å². The van der Waals surface area contributed by atoms with Crippen LogP contribution in [0.3, 0.4) is 0 Å². The second-order valence-electron chi connectivity index (χ2n) is 2.36. The normalized spacial score (nSPS) is 7.08. The van der Waals surface area contributed by atoms with E-state index in [2.05, 4.69) is 32.9 Å². The second-order valence-corrected chi connectivity index (χ2v) is 2.36. The van der Waals surface area contributed by atoms with Crippen molar-refractivity contribution >= 4 is 0 Å². The van der Waals surface area contributed by atoms with Crippen LogP contribution in [0, 0.1) is 6.92 Å². The monoisotopic (exact) mass is 170 g/mol. The predicted octanol–water partition coefficient (Wildman–Crippen LogP) is 4.00. The van der Waals surface area contributed by atoms with E-state index >= 15 is 0 Å². The summed E-state index contributed by atoms with van der Waals surface area (Å²) in [6, 6.07) is 10.3. The molecule has 0 aliphatic heterocycles. The van der Waals surface area contributed by atoms with Gasteiger partial charge in [-0.15, -0.1) is 0 Å². The molecule has 0 saturated heterocycles. The lowest BCUT2D eigenvalue weighted by atomic mass is 10.2. The number of rotatable bonds is 0. The lowest BCUT2D eigenvalue weighted by molar-refractivity contribution is 0.636. The minimum atomic E-state index is 0.500. The minimum absolute atomic E-state index is 0.500. The Morgan fingerprint density at radius 3 is 1.50 bits per heavy atom. The molecule has 1 rings (SSSR count). The van der Waals surface area contributed by atoms with Gasteiger partial charge in [-0.1, -0.05) is 56.2 Å². The molecule has 0 nitrogen and oxygen atoms in total. The highest BCUT2D eigenvalue weighted by atomic mass is 19.1. The molecule has 0 radical (unpaired) electrons. The summed E-state index contributed by atoms with van der Waals surface area (Å²) in [5, 5.41) is 0. The lowest BCUT2D eigenvalue weighted by Gasteiger charge is -1.82. The maximum absolute atomic E-state index is 9.50. The number of benzene rings is 1. The van der Waals surface area contributed by atoms with Gasteiger partial charge in [0.1, 0.15) is 0 Å². The SMILES string of the molecule is CCC.CF.Cc1ccccc1. The first-order chi connectivity index (χ1) is 5.81. The van der Waals surface area contributed by atoms with E-state index in [9.17, 15) is 4.39 Å². The molecule has 12 heavy (non-hydrogen) atoms. The molecule has 0 amide bonds. The summed E-state index contributed by atoms with van der Waals surface area (Å²) in [6.45, 7) is 6.33. The van der Waals surface area contributed by atoms with Gasteiger partial charge in [0.2, 0.25) is 0 Å². The molecule has 0 saturated carbocycles. The van der Waals surface area contributed by atoms with Gasteiger partial charge < -0.3 is 0 Å². The van der Waals surface area contributed by atoms with Crippen LogP contribution in [-0.4, -0.2) is 7.18 Å². The van der Waals surface area contributed by atoms with Crippen LogP contribution >= 0.6 is 0 Å². The van der Waals surface area contributed by atoms with Gasteiger partial charge in [0.25, 0.3) is 0 Å². The first kappa shape index (κ1) is 13.7. The van der Waals surface area contributed by atoms with Crippen LogP contribution in [-0.2, 0) is 0 Å². The highest BCUT2D eigenvalue weighted by Crippen LogP contribution is 1.92. The summed E-state index contributed by atoms with van der Waals surface area (Å²) >= 11 is 0. The largest absolute Gasteiger partial charge is 0.255 e. The third-order valence-corrected chi connectivity index (χ3v) is 0.940. The molecular formula is C11H19F. The summed E-state index contributed by atoms with van der Waals surface area (Å²) < 4.78 is 9.50. The Hall–Kier alpha value is -0.850. The third-order valence-electron chi connectivity index (χ3n) is 0.940. The number of alkyl halides is 1. The smallest absolute Gasteiger partial charge is 0.0785 e. The minimum Gasteiger partial charge on any atom is -0.255 e. The van der Waals surface area contributed by atoms with Crippen molar-refractivity contribution in [1.82, 2.24) is 0 Å². The summed E-state index contributed by atoms with van der Waals surface area (Å²) in [4.78, 5) is 0. The van der Waals surface area contributed by atoms with Crippen LogP contribution in [0.15, 0.2) is 30.3 Å². The molecule has 0 heterocycles. The van der Waals surface area contributed by atoms with E-state index in [4.69, 9.17) is 0 Å². The topological polar surface area (TPSA) is 0 Å². The summed E-state index contributed by atoms with van der Waals surface area (Å²) in [6.07, 6.45) is 1.25. The predicted molar refractivity (Wildman–Crippen MR) is 54.2 cm³/mol. The molecule has 0 bridgehead atoms. The summed E-state index contributed by atoms with van der Waals surface area (Å²) in [7, 11) is 0.500. The highest BCUT2D eigenvalue weighted by Gasteiger charge is 1.72. The summed E-state index contributed by atoms with van der Waals surface area (Å²) in [5.41, 5.74) is 1.32. The van der Waals surface area contributed by atoms with Crippen molar-refractivity contribution in [1.29, 1.82) is 0 Å². The van der Waals surface area contributed by atoms with Crippen LogP contribution in [0.1, 0.15) is 25.8 Å². The number of hydrogen-bond acceptors (Lipinski definition) is 0. The number of aryl methyl sites for hydroxylation is 1. The third kappa shape index (κ3) is 11.9. The van der Waals surface area contributed by atoms with Crippen molar-refractivity contribution in [3.05, 3.63) is 35.9 Å². The van der Waals surface area contributed by atoms with Crippen molar-refractivity contribution in [3.63, 3.8) is 0 Å². The Labute approximate surface area is 75.4 Å². The van der Waals surface area contributed by atoms with E-state index in [1.54, 1.807) is 0 Å². The first-order valence-electron chi connectivity index (χ1n) is 4.20. The van der Waals surface area contributed by atoms with Crippen LogP contribution in [0.4, 0.5) is 4.39 Å². The molecule has 0 spiro atoms. The van der Waals surface area contributed by atoms with E-state index < -0.39 is 0 Å². The van der Waals surface area contributed by atoms with E-state index in [-0.39, 0.29) is 0 Å². The molecule has 0 unspecified atom stereocenters. The molecule has 0 aromatic heterocycles. The molecule has 0 aliphatic rings. The average Bonchev–Trinajstić information content (AvgIpc) is 2.11. The van der Waals surface area contributed by atoms with Gasteiger partial charge in [-0.3, -0.25) is 4.39 Å². The average molecular weight is 170 g/mol. The second kappa shape index (κ2) is 12.8. The van der Waals surface area contributed by atoms with E-state index in [0.717, 1.165) is 0 Å². The molecule has 1 aromatic rings. The van der Waals surface area contributed by atoms with Gasteiger partial charge >= 0.3 is 0 Å². The zero-order chi connectivity index (χ0) is 9.82. The maximum atomic E-state index is 9.50. The van der Waals surface area contributed by atoms with Crippen LogP contribution < -0.4 is 0 Å². The summed E-state index contributed by atoms with van der Waals surface area (Å²) in [5.74, 6) is 0. The highest BCUT2D eigenvalue weighted by molar-refractivity contribution is 5.11. The number of hydrogen-bond donors (Lipinski definition) is 0. The van der Waals surface area contributed by atoms with E-state index in [1.165, 1.54) is 12.0 Å². The first-order valence-corrected chi connectivity index (χ1v) is 4.20. The van der Waals surface area contributed by atoms with Gasteiger partial charge in [0.05, 0.1) is 7.18 Å². The Bertz CT molecular complexity index is 146. The fourth-order valence-corrected chi connectivity index (χ4v) is 0.534. The maximum Gasteiger partial charge on any atom is 0.0785 e. The number of halogens is 1. The van der Waals surface area contributed by atoms with Crippen LogP contribution in [0.25, 0.3) is 0 Å². The molecular weight excluding hydrogens is 151 g/mol. The Morgan fingerprint density at radius 1 is 1.00 bits per heavy atom. The van der Waals surface area contributed by atoms with Gasteiger partial charge in [-0.2, -0.15) is 0 Å². The van der Waals surface area contributed by atoms with E-state index in [0.29, 0.717) is 7.18 Å². The molecule has 0 fully saturated rings. The molecule has 0 aliphatic carbocycles. The Morgan fingerprint density at radius 2 is 1.33 bits per heavy atom. The zero-order valence-electron chi connectivity index (χ0n) is 8.47. The van der Waals surface area contributed by atoms with Crippen molar-refractivity contribution < 1.29 is 4.39 Å². The van der Waals surface area contributed by atoms with Crippen molar-refractivity contribution in [2.45, 2.75) is 27.2 Å². The van der Waals surface area contributed by atoms with Gasteiger partial charge in [0, 0.05) is 0 Å². The zero-order valence-corrected chi connectivity index (χ0v) is 8.47. The molecule has 1 heteroatoms. The fraction of sp³-hybridized carbons (Fsp3) is 0.455. The molecule has 0 atom stereocenters. The van der Waals surface area contributed by atoms with Crippen LogP contribution in [0.2, 0.25) is 0 Å². The van der Waals surface area contributed by atoms with Gasteiger partial charge in [0.15, 0.2) is 0 Å². The fourth-order valence-electron chi connectivity index (χ4n) is 0.534.